The Hall–Kier alpha value is -7.02. The Morgan fingerprint density at radius 2 is 1.50 bits per heavy atom. The molecule has 308 valence electrons. The Kier molecular flexibility index (Phi) is 9.61. The highest BCUT2D eigenvalue weighted by atomic mass is 35.5. The summed E-state index contributed by atoms with van der Waals surface area (Å²) in [5.74, 6) is 1.76. The number of anilines is 4. The van der Waals surface area contributed by atoms with E-state index in [2.05, 4.69) is 36.4 Å². The summed E-state index contributed by atoms with van der Waals surface area (Å²) in [6, 6.07) is 9.45. The molecule has 5 aromatic rings. The first-order valence-corrected chi connectivity index (χ1v) is 19.6. The number of carbonyl (C=O) groups is 5. The van der Waals surface area contributed by atoms with Crippen LogP contribution in [0.25, 0.3) is 23.4 Å². The number of hydrogen-bond acceptors (Lipinski definition) is 14. The molecule has 19 nitrogen and oxygen atoms in total. The van der Waals surface area contributed by atoms with Crippen LogP contribution in [0, 0.1) is 0 Å². The first kappa shape index (κ1) is 38.5. The van der Waals surface area contributed by atoms with Crippen molar-refractivity contribution in [2.24, 2.45) is 0 Å². The van der Waals surface area contributed by atoms with Crippen molar-refractivity contribution >= 4 is 87.9 Å². The number of ether oxygens (including phenoxy) is 3. The van der Waals surface area contributed by atoms with Crippen LogP contribution in [-0.2, 0) is 23.9 Å². The van der Waals surface area contributed by atoms with E-state index >= 15 is 0 Å². The summed E-state index contributed by atoms with van der Waals surface area (Å²) in [7, 11) is 0. The van der Waals surface area contributed by atoms with Gasteiger partial charge in [0.15, 0.2) is 22.8 Å². The third-order valence-electron chi connectivity index (χ3n) is 9.72. The Bertz CT molecular complexity index is 2710. The maximum atomic E-state index is 12.9. The van der Waals surface area contributed by atoms with Crippen molar-refractivity contribution in [3.8, 4) is 11.5 Å². The Balaban J connectivity index is 0.000000155. The van der Waals surface area contributed by atoms with Crippen LogP contribution in [-0.4, -0.2) is 83.4 Å². The molecule has 2 aliphatic carbocycles. The number of nitrogens with zero attached hydrogens (tertiary/aromatic N) is 7. The third kappa shape index (κ3) is 8.15. The van der Waals surface area contributed by atoms with E-state index < -0.39 is 17.6 Å². The molecule has 7 heterocycles. The predicted molar refractivity (Wildman–Crippen MR) is 217 cm³/mol. The first-order chi connectivity index (χ1) is 28.7. The Morgan fingerprint density at radius 3 is 2.10 bits per heavy atom. The van der Waals surface area contributed by atoms with Crippen molar-refractivity contribution in [2.75, 3.05) is 22.3 Å². The van der Waals surface area contributed by atoms with Gasteiger partial charge < -0.3 is 24.8 Å². The first-order valence-electron chi connectivity index (χ1n) is 19.2. The fourth-order valence-electron chi connectivity index (χ4n) is 6.71. The van der Waals surface area contributed by atoms with Crippen LogP contribution >= 0.6 is 11.6 Å². The van der Waals surface area contributed by atoms with Crippen LogP contribution in [0.4, 0.5) is 27.9 Å². The van der Waals surface area contributed by atoms with Gasteiger partial charge in [0.2, 0.25) is 18.6 Å². The molecule has 0 bridgehead atoms. The van der Waals surface area contributed by atoms with Gasteiger partial charge in [-0.25, -0.2) is 14.8 Å². The lowest BCUT2D eigenvalue weighted by Gasteiger charge is -2.27. The molecule has 4 fully saturated rings. The fourth-order valence-corrected chi connectivity index (χ4v) is 6.88. The fraction of sp³-hybridized carbons (Fsp3) is 0.325. The van der Waals surface area contributed by atoms with E-state index in [1.165, 1.54) is 10.7 Å². The molecule has 60 heavy (non-hydrogen) atoms. The summed E-state index contributed by atoms with van der Waals surface area (Å²) in [5.41, 5.74) is 3.00. The molecule has 10 rings (SSSR count). The molecule has 2 saturated heterocycles. The minimum Gasteiger partial charge on any atom is -0.454 e. The molecule has 0 radical (unpaired) electrons. The maximum Gasteiger partial charge on any atom is 0.416 e. The number of rotatable bonds is 8. The molecule has 4 N–H and O–H groups in total. The van der Waals surface area contributed by atoms with Crippen LogP contribution in [0.5, 0.6) is 11.5 Å². The molecule has 3 aliphatic heterocycles. The topological polar surface area (TPSA) is 225 Å². The number of nitrogens with one attached hydrogen (secondary N) is 4. The minimum atomic E-state index is -0.651. The number of aromatic nitrogens is 6. The lowest BCUT2D eigenvalue weighted by molar-refractivity contribution is -0.125. The van der Waals surface area contributed by atoms with Gasteiger partial charge in [-0.2, -0.15) is 19.2 Å². The second-order valence-corrected chi connectivity index (χ2v) is 16.2. The number of halogens is 1. The molecule has 0 atom stereocenters. The molecule has 1 aromatic carbocycles. The van der Waals surface area contributed by atoms with Gasteiger partial charge in [0.05, 0.1) is 25.2 Å². The standard InChI is InChI=1S/C21H18N6O4.C19H20ClN5O4/c28-19-6-11(21(29)26-19)5-12-9-22-27-18(24-13-1-2-13)8-17(25-20(12)27)23-14-3-4-15-16(7-14)31-10-30-15;1-19(2,3)29-18(28)24(12-4-5-12)15-8-13(20)22-16-11(9-21-25(15)16)6-10-7-14(26)23-17(10)27/h3-5,7-9,13,24H,1-2,6,10H2,(H,23,25)(H,26,28,29);6,8-9,12H,4-5,7H2,1-3H3,(H,23,26,27)/b11-5+;10-6+. The molecule has 0 unspecified atom stereocenters. The zero-order valence-corrected chi connectivity index (χ0v) is 33.3. The van der Waals surface area contributed by atoms with Gasteiger partial charge in [0, 0.05) is 58.2 Å². The van der Waals surface area contributed by atoms with Crippen molar-refractivity contribution in [3.63, 3.8) is 0 Å². The third-order valence-corrected chi connectivity index (χ3v) is 9.92. The summed E-state index contributed by atoms with van der Waals surface area (Å²) in [4.78, 5) is 70.2. The molecule has 2 saturated carbocycles. The quantitative estimate of drug-likeness (QED) is 0.0925. The summed E-state index contributed by atoms with van der Waals surface area (Å²) in [5, 5.41) is 20.3. The lowest BCUT2D eigenvalue weighted by Crippen LogP contribution is -2.39. The van der Waals surface area contributed by atoms with Crippen LogP contribution < -0.4 is 35.6 Å². The summed E-state index contributed by atoms with van der Waals surface area (Å²) in [6.45, 7) is 5.62. The molecular formula is C40H38ClN11O8. The highest BCUT2D eigenvalue weighted by Crippen LogP contribution is 2.37. The number of carbonyl (C=O) groups excluding carboxylic acids is 5. The van der Waals surface area contributed by atoms with E-state index in [0.717, 1.165) is 37.2 Å². The zero-order valence-electron chi connectivity index (χ0n) is 32.6. The van der Waals surface area contributed by atoms with Gasteiger partial charge in [-0.1, -0.05) is 11.6 Å². The minimum absolute atomic E-state index is 0.00393. The van der Waals surface area contributed by atoms with Crippen LogP contribution in [0.2, 0.25) is 5.15 Å². The monoisotopic (exact) mass is 835 g/mol. The van der Waals surface area contributed by atoms with Gasteiger partial charge in [-0.3, -0.25) is 34.7 Å². The lowest BCUT2D eigenvalue weighted by atomic mass is 10.1. The van der Waals surface area contributed by atoms with E-state index in [4.69, 9.17) is 30.8 Å². The number of amides is 5. The van der Waals surface area contributed by atoms with Crippen molar-refractivity contribution in [1.29, 1.82) is 0 Å². The normalized spacial score (nSPS) is 18.5. The second-order valence-electron chi connectivity index (χ2n) is 15.8. The van der Waals surface area contributed by atoms with Crippen molar-refractivity contribution < 1.29 is 38.2 Å². The summed E-state index contributed by atoms with van der Waals surface area (Å²) >= 11 is 6.24. The molecule has 20 heteroatoms. The molecular weight excluding hydrogens is 798 g/mol. The molecule has 5 aliphatic rings. The number of imide groups is 2. The Morgan fingerprint density at radius 1 is 0.867 bits per heavy atom. The largest absolute Gasteiger partial charge is 0.454 e. The van der Waals surface area contributed by atoms with Crippen molar-refractivity contribution in [2.45, 2.75) is 77.0 Å². The van der Waals surface area contributed by atoms with Crippen molar-refractivity contribution in [3.05, 3.63) is 70.2 Å². The van der Waals surface area contributed by atoms with Crippen molar-refractivity contribution in [1.82, 2.24) is 39.8 Å². The SMILES string of the molecule is CC(C)(C)OC(=O)N(c1cc(Cl)nc2c(/C=C3\CC(=O)NC3=O)cnn12)C1CC1.O=C1C/C(=C\c2cnn3c(NC4CC4)cc(Nc4ccc5c(c4)OCO5)nc23)C(=O)N1. The van der Waals surface area contributed by atoms with Gasteiger partial charge in [0.25, 0.3) is 11.8 Å². The predicted octanol–water partition coefficient (Wildman–Crippen LogP) is 4.92. The molecule has 0 spiro atoms. The van der Waals surface area contributed by atoms with E-state index in [0.29, 0.717) is 62.7 Å². The van der Waals surface area contributed by atoms with Gasteiger partial charge in [-0.15, -0.1) is 0 Å². The average molecular weight is 836 g/mol. The average Bonchev–Trinajstić information content (AvgIpc) is 3.95. The number of hydrogen-bond donors (Lipinski definition) is 4. The second kappa shape index (κ2) is 15.0. The number of fused-ring (bicyclic) bond motifs is 3. The van der Waals surface area contributed by atoms with Gasteiger partial charge in [0.1, 0.15) is 28.2 Å². The van der Waals surface area contributed by atoms with Gasteiger partial charge >= 0.3 is 6.09 Å². The van der Waals surface area contributed by atoms with Crippen LogP contribution in [0.15, 0.2) is 53.9 Å². The molecule has 4 aromatic heterocycles. The van der Waals surface area contributed by atoms with E-state index in [9.17, 15) is 24.0 Å². The van der Waals surface area contributed by atoms with Crippen LogP contribution in [0.3, 0.4) is 0 Å². The summed E-state index contributed by atoms with van der Waals surface area (Å²) < 4.78 is 19.6. The smallest absolute Gasteiger partial charge is 0.416 e. The Labute approximate surface area is 346 Å². The van der Waals surface area contributed by atoms with E-state index in [1.807, 2.05) is 24.3 Å². The van der Waals surface area contributed by atoms with Crippen LogP contribution in [0.1, 0.15) is 70.4 Å². The highest BCUT2D eigenvalue weighted by molar-refractivity contribution is 6.30. The highest BCUT2D eigenvalue weighted by Gasteiger charge is 2.38. The maximum absolute atomic E-state index is 12.9. The molecule has 5 amide bonds. The van der Waals surface area contributed by atoms with Gasteiger partial charge in [-0.05, 0) is 70.7 Å². The summed E-state index contributed by atoms with van der Waals surface area (Å²) in [6.07, 6.45) is 9.87. The zero-order chi connectivity index (χ0) is 41.9. The number of benzene rings is 1. The van der Waals surface area contributed by atoms with E-state index in [1.54, 1.807) is 54.6 Å². The van der Waals surface area contributed by atoms with E-state index in [-0.39, 0.29) is 48.6 Å².